The Kier molecular flexibility index (Phi) is 4.72. The van der Waals surface area contributed by atoms with Gasteiger partial charge in [0.25, 0.3) is 0 Å². The molecule has 0 aliphatic heterocycles. The van der Waals surface area contributed by atoms with E-state index in [1.165, 1.54) is 23.6 Å². The lowest BCUT2D eigenvalue weighted by Crippen LogP contribution is -2.04. The molecule has 0 unspecified atom stereocenters. The average molecular weight is 362 g/mol. The summed E-state index contributed by atoms with van der Waals surface area (Å²) in [5.74, 6) is -1.57. The summed E-state index contributed by atoms with van der Waals surface area (Å²) in [6.07, 6.45) is 4.56. The van der Waals surface area contributed by atoms with Crippen LogP contribution in [-0.4, -0.2) is 26.0 Å². The predicted octanol–water partition coefficient (Wildman–Crippen LogP) is 3.97. The monoisotopic (exact) mass is 362 g/mol. The van der Waals surface area contributed by atoms with Crippen LogP contribution in [0.4, 0.5) is 15.3 Å². The number of halogens is 1. The van der Waals surface area contributed by atoms with Gasteiger partial charge >= 0.3 is 5.97 Å². The van der Waals surface area contributed by atoms with E-state index < -0.39 is 17.5 Å². The lowest BCUT2D eigenvalue weighted by Gasteiger charge is -2.03. The third-order valence-electron chi connectivity index (χ3n) is 2.90. The molecule has 122 valence electrons. The van der Waals surface area contributed by atoms with Crippen molar-refractivity contribution in [3.8, 4) is 0 Å². The standard InChI is InChI=1S/C15H11FN4O2S2/c1-8-2-4-17-10(6-8)20-15-19-7-11(24-15)23-9-3-5-18-13(12(9)16)14(21)22/h2-7H,1H3,(H,21,22)(H,17,19,20). The van der Waals surface area contributed by atoms with Gasteiger partial charge in [-0.3, -0.25) is 0 Å². The first-order valence-corrected chi connectivity index (χ1v) is 8.37. The van der Waals surface area contributed by atoms with Gasteiger partial charge < -0.3 is 10.4 Å². The van der Waals surface area contributed by atoms with Crippen molar-refractivity contribution >= 4 is 40.0 Å². The zero-order valence-electron chi connectivity index (χ0n) is 12.4. The fraction of sp³-hybridized carbons (Fsp3) is 0.0667. The molecular weight excluding hydrogens is 351 g/mol. The zero-order valence-corrected chi connectivity index (χ0v) is 14.0. The highest BCUT2D eigenvalue weighted by Gasteiger charge is 2.17. The van der Waals surface area contributed by atoms with E-state index in [9.17, 15) is 9.18 Å². The number of hydrogen-bond acceptors (Lipinski definition) is 7. The van der Waals surface area contributed by atoms with Crippen molar-refractivity contribution in [1.82, 2.24) is 15.0 Å². The lowest BCUT2D eigenvalue weighted by molar-refractivity contribution is 0.0684. The van der Waals surface area contributed by atoms with Gasteiger partial charge in [0.05, 0.1) is 15.3 Å². The van der Waals surface area contributed by atoms with E-state index in [4.69, 9.17) is 5.11 Å². The summed E-state index contributed by atoms with van der Waals surface area (Å²) in [5.41, 5.74) is 0.477. The first-order valence-electron chi connectivity index (χ1n) is 6.74. The number of nitrogens with zero attached hydrogens (tertiary/aromatic N) is 3. The Morgan fingerprint density at radius 3 is 2.83 bits per heavy atom. The Morgan fingerprint density at radius 2 is 2.08 bits per heavy atom. The van der Waals surface area contributed by atoms with Crippen LogP contribution in [0.3, 0.4) is 0 Å². The van der Waals surface area contributed by atoms with Gasteiger partial charge in [-0.1, -0.05) is 23.1 Å². The van der Waals surface area contributed by atoms with Crippen LogP contribution in [0.1, 0.15) is 16.1 Å². The SMILES string of the molecule is Cc1ccnc(Nc2ncc(Sc3ccnc(C(=O)O)c3F)s2)c1. The molecule has 0 amide bonds. The van der Waals surface area contributed by atoms with Gasteiger partial charge in [-0.15, -0.1) is 0 Å². The van der Waals surface area contributed by atoms with Crippen LogP contribution >= 0.6 is 23.1 Å². The summed E-state index contributed by atoms with van der Waals surface area (Å²) in [6.45, 7) is 1.96. The molecule has 0 atom stereocenters. The molecule has 0 saturated carbocycles. The molecule has 0 radical (unpaired) electrons. The smallest absolute Gasteiger partial charge is 0.357 e. The molecule has 6 nitrogen and oxygen atoms in total. The highest BCUT2D eigenvalue weighted by molar-refractivity contribution is 8.01. The molecule has 2 N–H and O–H groups in total. The first-order chi connectivity index (χ1) is 11.5. The molecule has 0 aliphatic carbocycles. The van der Waals surface area contributed by atoms with Crippen LogP contribution in [-0.2, 0) is 0 Å². The number of aromatic carboxylic acids is 1. The highest BCUT2D eigenvalue weighted by Crippen LogP contribution is 2.36. The number of aryl methyl sites for hydroxylation is 1. The number of nitrogens with one attached hydrogen (secondary N) is 1. The van der Waals surface area contributed by atoms with Gasteiger partial charge in [0.15, 0.2) is 16.6 Å². The van der Waals surface area contributed by atoms with E-state index in [2.05, 4.69) is 20.3 Å². The molecule has 0 saturated heterocycles. The number of hydrogen-bond donors (Lipinski definition) is 2. The van der Waals surface area contributed by atoms with Crippen LogP contribution in [0.25, 0.3) is 0 Å². The maximum Gasteiger partial charge on any atom is 0.357 e. The van der Waals surface area contributed by atoms with Gasteiger partial charge in [0.2, 0.25) is 0 Å². The van der Waals surface area contributed by atoms with Crippen LogP contribution < -0.4 is 5.32 Å². The second-order valence-corrected chi connectivity index (χ2v) is 7.08. The molecule has 3 aromatic heterocycles. The van der Waals surface area contributed by atoms with Crippen molar-refractivity contribution < 1.29 is 14.3 Å². The third-order valence-corrected chi connectivity index (χ3v) is 4.95. The Balaban J connectivity index is 1.77. The van der Waals surface area contributed by atoms with Crippen molar-refractivity contribution in [3.05, 3.63) is 53.9 Å². The number of pyridine rings is 2. The molecule has 9 heteroatoms. The molecule has 0 spiro atoms. The lowest BCUT2D eigenvalue weighted by atomic mass is 10.3. The number of carboxylic acids is 1. The van der Waals surface area contributed by atoms with E-state index in [1.54, 1.807) is 12.4 Å². The number of anilines is 2. The minimum Gasteiger partial charge on any atom is -0.476 e. The summed E-state index contributed by atoms with van der Waals surface area (Å²) in [7, 11) is 0. The Bertz CT molecular complexity index is 901. The number of carbonyl (C=O) groups is 1. The molecule has 0 fully saturated rings. The topological polar surface area (TPSA) is 88.0 Å². The fourth-order valence-electron chi connectivity index (χ4n) is 1.84. The highest BCUT2D eigenvalue weighted by atomic mass is 32.2. The second kappa shape index (κ2) is 6.93. The summed E-state index contributed by atoms with van der Waals surface area (Å²) in [6, 6.07) is 5.21. The van der Waals surface area contributed by atoms with E-state index in [-0.39, 0.29) is 4.90 Å². The Morgan fingerprint density at radius 1 is 1.29 bits per heavy atom. The van der Waals surface area contributed by atoms with E-state index in [1.807, 2.05) is 19.1 Å². The van der Waals surface area contributed by atoms with Crippen LogP contribution in [0.5, 0.6) is 0 Å². The second-order valence-electron chi connectivity index (χ2n) is 4.71. The van der Waals surface area contributed by atoms with E-state index >= 15 is 0 Å². The molecule has 3 heterocycles. The molecule has 0 bridgehead atoms. The normalized spacial score (nSPS) is 10.6. The summed E-state index contributed by atoms with van der Waals surface area (Å²) in [5, 5.41) is 12.6. The van der Waals surface area contributed by atoms with Crippen molar-refractivity contribution in [2.75, 3.05) is 5.32 Å². The van der Waals surface area contributed by atoms with Crippen LogP contribution in [0.15, 0.2) is 45.9 Å². The summed E-state index contributed by atoms with van der Waals surface area (Å²) < 4.78 is 14.8. The molecule has 3 aromatic rings. The number of aromatic nitrogens is 3. The van der Waals surface area contributed by atoms with Crippen molar-refractivity contribution in [1.29, 1.82) is 0 Å². The molecule has 0 aromatic carbocycles. The maximum atomic E-state index is 14.1. The zero-order chi connectivity index (χ0) is 17.1. The maximum absolute atomic E-state index is 14.1. The van der Waals surface area contributed by atoms with Crippen LogP contribution in [0, 0.1) is 12.7 Å². The van der Waals surface area contributed by atoms with Gasteiger partial charge in [-0.25, -0.2) is 24.1 Å². The molecule has 3 rings (SSSR count). The minimum atomic E-state index is -1.40. The molecule has 0 aliphatic rings. The van der Waals surface area contributed by atoms with E-state index in [0.717, 1.165) is 17.3 Å². The Labute approximate surface area is 144 Å². The van der Waals surface area contributed by atoms with Crippen molar-refractivity contribution in [3.63, 3.8) is 0 Å². The van der Waals surface area contributed by atoms with Crippen LogP contribution in [0.2, 0.25) is 0 Å². The third kappa shape index (κ3) is 3.69. The fourth-order valence-corrected chi connectivity index (χ4v) is 3.71. The number of thiazole rings is 1. The summed E-state index contributed by atoms with van der Waals surface area (Å²) >= 11 is 2.42. The number of carboxylic acid groups (broad SMARTS) is 1. The van der Waals surface area contributed by atoms with Gasteiger partial charge in [-0.2, -0.15) is 0 Å². The predicted molar refractivity (Wildman–Crippen MR) is 89.6 cm³/mol. The average Bonchev–Trinajstić information content (AvgIpc) is 2.96. The van der Waals surface area contributed by atoms with Gasteiger partial charge in [0.1, 0.15) is 5.82 Å². The van der Waals surface area contributed by atoms with Crippen molar-refractivity contribution in [2.45, 2.75) is 16.0 Å². The minimum absolute atomic E-state index is 0.186. The Hall–Kier alpha value is -2.52. The first kappa shape index (κ1) is 16.3. The molecule has 24 heavy (non-hydrogen) atoms. The summed E-state index contributed by atoms with van der Waals surface area (Å²) in [4.78, 5) is 23.0. The van der Waals surface area contributed by atoms with Gasteiger partial charge in [-0.05, 0) is 30.7 Å². The van der Waals surface area contributed by atoms with Gasteiger partial charge in [0, 0.05) is 12.4 Å². The molecular formula is C15H11FN4O2S2. The van der Waals surface area contributed by atoms with E-state index in [0.29, 0.717) is 15.2 Å². The quantitative estimate of drug-likeness (QED) is 0.710. The largest absolute Gasteiger partial charge is 0.476 e. The number of rotatable bonds is 5. The van der Waals surface area contributed by atoms with Crippen molar-refractivity contribution in [2.24, 2.45) is 0 Å².